The maximum absolute atomic E-state index is 9.92. The van der Waals surface area contributed by atoms with Gasteiger partial charge in [-0.05, 0) is 25.0 Å². The van der Waals surface area contributed by atoms with Crippen molar-refractivity contribution < 1.29 is 5.11 Å². The van der Waals surface area contributed by atoms with E-state index in [-0.39, 0.29) is 5.75 Å². The van der Waals surface area contributed by atoms with Crippen LogP contribution in [0.3, 0.4) is 0 Å². The SMILES string of the molecule is NCc1nnn(C2CC2)c1-c1ccccc1O. The first kappa shape index (κ1) is 10.3. The first-order chi connectivity index (χ1) is 8.31. The van der Waals surface area contributed by atoms with Gasteiger partial charge in [0.25, 0.3) is 0 Å². The molecule has 1 aliphatic rings. The molecule has 2 aromatic rings. The van der Waals surface area contributed by atoms with Crippen molar-refractivity contribution in [1.82, 2.24) is 15.0 Å². The summed E-state index contributed by atoms with van der Waals surface area (Å²) in [5.74, 6) is 0.242. The highest BCUT2D eigenvalue weighted by Crippen LogP contribution is 2.40. The Labute approximate surface area is 98.9 Å². The maximum Gasteiger partial charge on any atom is 0.125 e. The standard InChI is InChI=1S/C12H14N4O/c13-7-10-12(9-3-1-2-4-11(9)17)16(15-14-10)8-5-6-8/h1-4,8,17H,5-7,13H2. The number of phenols is 1. The van der Waals surface area contributed by atoms with Gasteiger partial charge < -0.3 is 10.8 Å². The summed E-state index contributed by atoms with van der Waals surface area (Å²) in [4.78, 5) is 0. The monoisotopic (exact) mass is 230 g/mol. The molecule has 5 heteroatoms. The fraction of sp³-hybridized carbons (Fsp3) is 0.333. The molecule has 0 radical (unpaired) electrons. The third-order valence-electron chi connectivity index (χ3n) is 3.01. The molecule has 1 aromatic heterocycles. The molecule has 0 spiro atoms. The van der Waals surface area contributed by atoms with Gasteiger partial charge in [-0.2, -0.15) is 0 Å². The summed E-state index contributed by atoms with van der Waals surface area (Å²) in [5.41, 5.74) is 8.02. The third kappa shape index (κ3) is 1.68. The number of aromatic hydroxyl groups is 1. The van der Waals surface area contributed by atoms with Crippen molar-refractivity contribution in [1.29, 1.82) is 0 Å². The third-order valence-corrected chi connectivity index (χ3v) is 3.01. The average molecular weight is 230 g/mol. The first-order valence-electron chi connectivity index (χ1n) is 5.73. The Morgan fingerprint density at radius 1 is 1.35 bits per heavy atom. The van der Waals surface area contributed by atoms with Crippen LogP contribution in [-0.4, -0.2) is 20.1 Å². The van der Waals surface area contributed by atoms with E-state index in [1.165, 1.54) is 0 Å². The predicted octanol–water partition coefficient (Wildman–Crippen LogP) is 1.44. The number of hydrogen-bond acceptors (Lipinski definition) is 4. The van der Waals surface area contributed by atoms with Gasteiger partial charge in [-0.1, -0.05) is 17.3 Å². The number of rotatable bonds is 3. The molecule has 1 aromatic carbocycles. The van der Waals surface area contributed by atoms with Crippen molar-refractivity contribution in [2.75, 3.05) is 0 Å². The summed E-state index contributed by atoms with van der Waals surface area (Å²) in [7, 11) is 0. The van der Waals surface area contributed by atoms with Crippen molar-refractivity contribution in [3.05, 3.63) is 30.0 Å². The Morgan fingerprint density at radius 2 is 2.12 bits per heavy atom. The first-order valence-corrected chi connectivity index (χ1v) is 5.73. The fourth-order valence-corrected chi connectivity index (χ4v) is 1.99. The van der Waals surface area contributed by atoms with Crippen LogP contribution < -0.4 is 5.73 Å². The van der Waals surface area contributed by atoms with Crippen LogP contribution in [0.4, 0.5) is 0 Å². The molecule has 0 saturated heterocycles. The lowest BCUT2D eigenvalue weighted by molar-refractivity contribution is 0.476. The number of aromatic nitrogens is 3. The minimum atomic E-state index is 0.242. The lowest BCUT2D eigenvalue weighted by Gasteiger charge is -2.08. The molecule has 0 unspecified atom stereocenters. The zero-order chi connectivity index (χ0) is 11.8. The van der Waals surface area contributed by atoms with Gasteiger partial charge >= 0.3 is 0 Å². The predicted molar refractivity (Wildman–Crippen MR) is 63.3 cm³/mol. The molecule has 1 fully saturated rings. The average Bonchev–Trinajstić information content (AvgIpc) is 3.10. The molecular weight excluding hydrogens is 216 g/mol. The molecule has 1 saturated carbocycles. The molecule has 0 amide bonds. The van der Waals surface area contributed by atoms with Crippen molar-refractivity contribution in [3.63, 3.8) is 0 Å². The van der Waals surface area contributed by atoms with E-state index in [1.807, 2.05) is 16.8 Å². The van der Waals surface area contributed by atoms with E-state index in [0.717, 1.165) is 29.8 Å². The molecule has 3 rings (SSSR count). The van der Waals surface area contributed by atoms with E-state index in [2.05, 4.69) is 10.3 Å². The zero-order valence-electron chi connectivity index (χ0n) is 9.37. The quantitative estimate of drug-likeness (QED) is 0.836. The van der Waals surface area contributed by atoms with Gasteiger partial charge in [-0.15, -0.1) is 5.10 Å². The van der Waals surface area contributed by atoms with Crippen LogP contribution in [-0.2, 0) is 6.54 Å². The number of benzene rings is 1. The highest BCUT2D eigenvalue weighted by molar-refractivity contribution is 5.69. The molecule has 88 valence electrons. The normalized spacial score (nSPS) is 15.1. The molecule has 0 bridgehead atoms. The Kier molecular flexibility index (Phi) is 2.33. The second-order valence-corrected chi connectivity index (χ2v) is 4.28. The minimum Gasteiger partial charge on any atom is -0.507 e. The van der Waals surface area contributed by atoms with Crippen LogP contribution in [0.25, 0.3) is 11.3 Å². The highest BCUT2D eigenvalue weighted by atomic mass is 16.3. The van der Waals surface area contributed by atoms with Gasteiger partial charge in [0.15, 0.2) is 0 Å². The van der Waals surface area contributed by atoms with Crippen molar-refractivity contribution >= 4 is 0 Å². The highest BCUT2D eigenvalue weighted by Gasteiger charge is 2.29. The summed E-state index contributed by atoms with van der Waals surface area (Å²) >= 11 is 0. The van der Waals surface area contributed by atoms with Crippen LogP contribution >= 0.6 is 0 Å². The largest absolute Gasteiger partial charge is 0.507 e. The van der Waals surface area contributed by atoms with Gasteiger partial charge in [0, 0.05) is 12.1 Å². The fourth-order valence-electron chi connectivity index (χ4n) is 1.99. The summed E-state index contributed by atoms with van der Waals surface area (Å²) in [6.45, 7) is 0.330. The summed E-state index contributed by atoms with van der Waals surface area (Å²) < 4.78 is 1.89. The number of nitrogens with zero attached hydrogens (tertiary/aromatic N) is 3. The molecule has 1 heterocycles. The molecule has 17 heavy (non-hydrogen) atoms. The Hall–Kier alpha value is -1.88. The number of para-hydroxylation sites is 1. The second-order valence-electron chi connectivity index (χ2n) is 4.28. The van der Waals surface area contributed by atoms with Crippen molar-refractivity contribution in [3.8, 4) is 17.0 Å². The number of hydrogen-bond donors (Lipinski definition) is 2. The Balaban J connectivity index is 2.18. The van der Waals surface area contributed by atoms with Gasteiger partial charge in [0.2, 0.25) is 0 Å². The molecule has 1 aliphatic carbocycles. The molecule has 0 aliphatic heterocycles. The van der Waals surface area contributed by atoms with Gasteiger partial charge in [0.1, 0.15) is 11.4 Å². The Bertz CT molecular complexity index is 545. The van der Waals surface area contributed by atoms with Crippen LogP contribution in [0.1, 0.15) is 24.6 Å². The van der Waals surface area contributed by atoms with E-state index in [1.54, 1.807) is 12.1 Å². The molecular formula is C12H14N4O. The van der Waals surface area contributed by atoms with Crippen molar-refractivity contribution in [2.45, 2.75) is 25.4 Å². The van der Waals surface area contributed by atoms with E-state index in [9.17, 15) is 5.11 Å². The molecule has 5 nitrogen and oxygen atoms in total. The molecule has 0 atom stereocenters. The van der Waals surface area contributed by atoms with E-state index < -0.39 is 0 Å². The topological polar surface area (TPSA) is 77.0 Å². The number of nitrogens with two attached hydrogens (primary N) is 1. The summed E-state index contributed by atoms with van der Waals surface area (Å²) in [6.07, 6.45) is 2.24. The number of phenolic OH excluding ortho intramolecular Hbond substituents is 1. The van der Waals surface area contributed by atoms with E-state index in [0.29, 0.717) is 12.6 Å². The van der Waals surface area contributed by atoms with Crippen LogP contribution in [0, 0.1) is 0 Å². The Morgan fingerprint density at radius 3 is 2.76 bits per heavy atom. The molecule has 3 N–H and O–H groups in total. The van der Waals surface area contributed by atoms with Gasteiger partial charge in [-0.25, -0.2) is 4.68 Å². The summed E-state index contributed by atoms with van der Waals surface area (Å²) in [6, 6.07) is 7.63. The summed E-state index contributed by atoms with van der Waals surface area (Å²) in [5, 5.41) is 18.2. The van der Waals surface area contributed by atoms with Crippen LogP contribution in [0.15, 0.2) is 24.3 Å². The maximum atomic E-state index is 9.92. The smallest absolute Gasteiger partial charge is 0.125 e. The lowest BCUT2D eigenvalue weighted by Crippen LogP contribution is -2.02. The van der Waals surface area contributed by atoms with Crippen molar-refractivity contribution in [2.24, 2.45) is 5.73 Å². The van der Waals surface area contributed by atoms with Gasteiger partial charge in [-0.3, -0.25) is 0 Å². The van der Waals surface area contributed by atoms with Crippen LogP contribution in [0.5, 0.6) is 5.75 Å². The van der Waals surface area contributed by atoms with Crippen LogP contribution in [0.2, 0.25) is 0 Å². The van der Waals surface area contributed by atoms with E-state index in [4.69, 9.17) is 5.73 Å². The lowest BCUT2D eigenvalue weighted by atomic mass is 10.1. The zero-order valence-corrected chi connectivity index (χ0v) is 9.37. The minimum absolute atomic E-state index is 0.242. The van der Waals surface area contributed by atoms with Gasteiger partial charge in [0.05, 0.1) is 11.7 Å². The second kappa shape index (κ2) is 3.85. The van der Waals surface area contributed by atoms with E-state index >= 15 is 0 Å².